The first kappa shape index (κ1) is 14.2. The largest absolute Gasteiger partial charge is 0.480 e. The molecule has 0 saturated heterocycles. The summed E-state index contributed by atoms with van der Waals surface area (Å²) in [6, 6.07) is 5.29. The molecule has 1 rings (SSSR count). The first-order valence-corrected chi connectivity index (χ1v) is 5.98. The van der Waals surface area contributed by atoms with E-state index in [1.54, 1.807) is 38.2 Å². The fourth-order valence-electron chi connectivity index (χ4n) is 1.76. The van der Waals surface area contributed by atoms with E-state index in [9.17, 15) is 14.7 Å². The van der Waals surface area contributed by atoms with Crippen LogP contribution in [0.4, 0.5) is 0 Å². The zero-order chi connectivity index (χ0) is 13.6. The predicted octanol–water partition coefficient (Wildman–Crippen LogP) is 1.38. The number of carbonyl (C=O) groups excluding carboxylic acids is 1. The van der Waals surface area contributed by atoms with Gasteiger partial charge in [-0.3, -0.25) is 9.78 Å². The van der Waals surface area contributed by atoms with Crippen molar-refractivity contribution < 1.29 is 14.7 Å². The lowest BCUT2D eigenvalue weighted by molar-refractivity contribution is -0.148. The number of carbonyl (C=O) groups is 2. The lowest BCUT2D eigenvalue weighted by atomic mass is 9.92. The van der Waals surface area contributed by atoms with Crippen LogP contribution in [0.25, 0.3) is 0 Å². The van der Waals surface area contributed by atoms with E-state index in [4.69, 9.17) is 0 Å². The average Bonchev–Trinajstić information content (AvgIpc) is 2.37. The lowest BCUT2D eigenvalue weighted by Crippen LogP contribution is -2.54. The molecule has 0 radical (unpaired) electrons. The summed E-state index contributed by atoms with van der Waals surface area (Å²) < 4.78 is 0. The van der Waals surface area contributed by atoms with Crippen molar-refractivity contribution in [3.63, 3.8) is 0 Å². The smallest absolute Gasteiger partial charge is 0.329 e. The number of carboxylic acids is 1. The van der Waals surface area contributed by atoms with Crippen LogP contribution in [0.15, 0.2) is 24.4 Å². The minimum Gasteiger partial charge on any atom is -0.480 e. The molecular formula is C13H18N2O3. The SMILES string of the molecule is CCC(CC)(NC(=O)Cc1ccccn1)C(=O)O. The van der Waals surface area contributed by atoms with Crippen molar-refractivity contribution in [2.24, 2.45) is 0 Å². The maximum Gasteiger partial charge on any atom is 0.329 e. The molecule has 0 unspecified atom stereocenters. The monoisotopic (exact) mass is 250 g/mol. The maximum absolute atomic E-state index is 11.8. The number of nitrogens with zero attached hydrogens (tertiary/aromatic N) is 1. The van der Waals surface area contributed by atoms with Crippen molar-refractivity contribution in [2.75, 3.05) is 0 Å². The third-order valence-electron chi connectivity index (χ3n) is 3.06. The second-order valence-corrected chi connectivity index (χ2v) is 4.14. The number of amides is 1. The number of aliphatic carboxylic acids is 1. The van der Waals surface area contributed by atoms with Gasteiger partial charge in [0.1, 0.15) is 5.54 Å². The molecular weight excluding hydrogens is 232 g/mol. The maximum atomic E-state index is 11.8. The van der Waals surface area contributed by atoms with Crippen LogP contribution in [0, 0.1) is 0 Å². The highest BCUT2D eigenvalue weighted by atomic mass is 16.4. The molecule has 0 aliphatic rings. The minimum absolute atomic E-state index is 0.0931. The second-order valence-electron chi connectivity index (χ2n) is 4.14. The van der Waals surface area contributed by atoms with Crippen molar-refractivity contribution >= 4 is 11.9 Å². The van der Waals surface area contributed by atoms with E-state index in [1.165, 1.54) is 0 Å². The normalized spacial score (nSPS) is 11.0. The summed E-state index contributed by atoms with van der Waals surface area (Å²) in [7, 11) is 0. The summed E-state index contributed by atoms with van der Waals surface area (Å²) in [5, 5.41) is 11.8. The van der Waals surface area contributed by atoms with Gasteiger partial charge in [0.15, 0.2) is 0 Å². The van der Waals surface area contributed by atoms with Gasteiger partial charge in [-0.05, 0) is 25.0 Å². The Morgan fingerprint density at radius 2 is 2.00 bits per heavy atom. The summed E-state index contributed by atoms with van der Waals surface area (Å²) in [5.41, 5.74) is -0.548. The van der Waals surface area contributed by atoms with E-state index in [-0.39, 0.29) is 12.3 Å². The highest BCUT2D eigenvalue weighted by molar-refractivity contribution is 5.87. The van der Waals surface area contributed by atoms with Gasteiger partial charge in [0.25, 0.3) is 0 Å². The molecule has 0 aromatic carbocycles. The topological polar surface area (TPSA) is 79.3 Å². The first-order valence-electron chi connectivity index (χ1n) is 5.98. The predicted molar refractivity (Wildman–Crippen MR) is 67.0 cm³/mol. The molecule has 1 aromatic rings. The number of hydrogen-bond donors (Lipinski definition) is 2. The molecule has 5 heteroatoms. The molecule has 18 heavy (non-hydrogen) atoms. The zero-order valence-corrected chi connectivity index (χ0v) is 10.6. The Kier molecular flexibility index (Phi) is 4.83. The number of carboxylic acid groups (broad SMARTS) is 1. The summed E-state index contributed by atoms with van der Waals surface area (Å²) in [6.07, 6.45) is 2.40. The van der Waals surface area contributed by atoms with E-state index in [0.29, 0.717) is 18.5 Å². The molecule has 98 valence electrons. The van der Waals surface area contributed by atoms with Gasteiger partial charge < -0.3 is 10.4 Å². The molecule has 0 aliphatic carbocycles. The number of rotatable bonds is 6. The quantitative estimate of drug-likeness (QED) is 0.799. The van der Waals surface area contributed by atoms with Crippen molar-refractivity contribution in [3.05, 3.63) is 30.1 Å². The standard InChI is InChI=1S/C13H18N2O3/c1-3-13(4-2,12(17)18)15-11(16)9-10-7-5-6-8-14-10/h5-8H,3-4,9H2,1-2H3,(H,15,16)(H,17,18). The Hall–Kier alpha value is -1.91. The van der Waals surface area contributed by atoms with Crippen LogP contribution in [0.1, 0.15) is 32.4 Å². The summed E-state index contributed by atoms with van der Waals surface area (Å²) >= 11 is 0. The Morgan fingerprint density at radius 1 is 1.33 bits per heavy atom. The van der Waals surface area contributed by atoms with Gasteiger partial charge in [0.2, 0.25) is 5.91 Å². The number of nitrogens with one attached hydrogen (secondary N) is 1. The lowest BCUT2D eigenvalue weighted by Gasteiger charge is -2.27. The van der Waals surface area contributed by atoms with Crippen LogP contribution >= 0.6 is 0 Å². The van der Waals surface area contributed by atoms with Crippen LogP contribution in [-0.2, 0) is 16.0 Å². The molecule has 5 nitrogen and oxygen atoms in total. The third kappa shape index (κ3) is 3.29. The number of pyridine rings is 1. The fourth-order valence-corrected chi connectivity index (χ4v) is 1.76. The van der Waals surface area contributed by atoms with E-state index in [2.05, 4.69) is 10.3 Å². The van der Waals surface area contributed by atoms with Gasteiger partial charge in [-0.15, -0.1) is 0 Å². The van der Waals surface area contributed by atoms with Crippen LogP contribution in [0.5, 0.6) is 0 Å². The molecule has 1 aromatic heterocycles. The fraction of sp³-hybridized carbons (Fsp3) is 0.462. The molecule has 0 saturated carbocycles. The Bertz CT molecular complexity index is 414. The van der Waals surface area contributed by atoms with E-state index in [1.807, 2.05) is 0 Å². The van der Waals surface area contributed by atoms with Gasteiger partial charge in [0, 0.05) is 11.9 Å². The van der Waals surface area contributed by atoms with Crippen LogP contribution in [-0.4, -0.2) is 27.5 Å². The minimum atomic E-state index is -1.17. The first-order chi connectivity index (χ1) is 8.54. The van der Waals surface area contributed by atoms with Gasteiger partial charge in [0.05, 0.1) is 6.42 Å². The van der Waals surface area contributed by atoms with Gasteiger partial charge in [-0.2, -0.15) is 0 Å². The highest BCUT2D eigenvalue weighted by Crippen LogP contribution is 2.15. The van der Waals surface area contributed by atoms with Crippen LogP contribution in [0.2, 0.25) is 0 Å². The van der Waals surface area contributed by atoms with Gasteiger partial charge in [-0.25, -0.2) is 4.79 Å². The van der Waals surface area contributed by atoms with E-state index >= 15 is 0 Å². The zero-order valence-electron chi connectivity index (χ0n) is 10.6. The number of aromatic nitrogens is 1. The van der Waals surface area contributed by atoms with Crippen molar-refractivity contribution in [2.45, 2.75) is 38.6 Å². The summed E-state index contributed by atoms with van der Waals surface area (Å²) in [6.45, 7) is 3.50. The molecule has 1 amide bonds. The summed E-state index contributed by atoms with van der Waals surface area (Å²) in [5.74, 6) is -1.32. The molecule has 0 spiro atoms. The van der Waals surface area contributed by atoms with Crippen LogP contribution in [0.3, 0.4) is 0 Å². The third-order valence-corrected chi connectivity index (χ3v) is 3.06. The Labute approximate surface area is 106 Å². The average molecular weight is 250 g/mol. The molecule has 2 N–H and O–H groups in total. The van der Waals surface area contributed by atoms with Crippen LogP contribution < -0.4 is 5.32 Å². The van der Waals surface area contributed by atoms with E-state index in [0.717, 1.165) is 0 Å². The molecule has 0 bridgehead atoms. The second kappa shape index (κ2) is 6.14. The van der Waals surface area contributed by atoms with Gasteiger partial charge in [-0.1, -0.05) is 19.9 Å². The van der Waals surface area contributed by atoms with Crippen molar-refractivity contribution in [1.82, 2.24) is 10.3 Å². The van der Waals surface area contributed by atoms with Crippen molar-refractivity contribution in [1.29, 1.82) is 0 Å². The highest BCUT2D eigenvalue weighted by Gasteiger charge is 2.36. The molecule has 1 heterocycles. The van der Waals surface area contributed by atoms with E-state index < -0.39 is 11.5 Å². The molecule has 0 fully saturated rings. The van der Waals surface area contributed by atoms with Gasteiger partial charge >= 0.3 is 5.97 Å². The van der Waals surface area contributed by atoms with Crippen molar-refractivity contribution in [3.8, 4) is 0 Å². The summed E-state index contributed by atoms with van der Waals surface area (Å²) in [4.78, 5) is 27.1. The Balaban J connectivity index is 2.71. The molecule has 0 aliphatic heterocycles. The molecule has 0 atom stereocenters. The Morgan fingerprint density at radius 3 is 2.44 bits per heavy atom. The number of hydrogen-bond acceptors (Lipinski definition) is 3.